The summed E-state index contributed by atoms with van der Waals surface area (Å²) in [6.45, 7) is 6.05. The van der Waals surface area contributed by atoms with Crippen molar-refractivity contribution in [3.8, 4) is 5.75 Å². The van der Waals surface area contributed by atoms with Crippen LogP contribution in [0.3, 0.4) is 0 Å². The van der Waals surface area contributed by atoms with Gasteiger partial charge in [-0.05, 0) is 54.8 Å². The van der Waals surface area contributed by atoms with Crippen molar-refractivity contribution in [2.24, 2.45) is 0 Å². The first-order valence-electron chi connectivity index (χ1n) is 10.8. The van der Waals surface area contributed by atoms with Crippen LogP contribution in [0.4, 0.5) is 5.69 Å². The minimum atomic E-state index is -0.874. The van der Waals surface area contributed by atoms with E-state index in [-0.39, 0.29) is 11.3 Å². The molecule has 1 saturated heterocycles. The minimum absolute atomic E-state index is 0.0180. The van der Waals surface area contributed by atoms with Gasteiger partial charge in [0.05, 0.1) is 23.9 Å². The summed E-state index contributed by atoms with van der Waals surface area (Å²) >= 11 is 0. The molecule has 1 aromatic heterocycles. The maximum Gasteiger partial charge on any atom is 0.300 e. The van der Waals surface area contributed by atoms with Gasteiger partial charge in [-0.1, -0.05) is 43.7 Å². The fourth-order valence-electron chi connectivity index (χ4n) is 4.09. The van der Waals surface area contributed by atoms with Crippen molar-refractivity contribution in [2.45, 2.75) is 32.7 Å². The standard InChI is InChI=1S/C27H26N2O4/c1-16(2)18-9-11-19(12-10-18)29-24(21-7-5-6-14-28-21)23(26(31)27(29)32)25(30)20-15-17(3)8-13-22(20)33-4/h5-16,24,30H,1-4H3/b25-23+. The van der Waals surface area contributed by atoms with E-state index in [1.165, 1.54) is 12.0 Å². The summed E-state index contributed by atoms with van der Waals surface area (Å²) in [5, 5.41) is 11.3. The Bertz CT molecular complexity index is 1230. The highest BCUT2D eigenvalue weighted by Gasteiger charge is 2.47. The van der Waals surface area contributed by atoms with Gasteiger partial charge in [-0.25, -0.2) is 0 Å². The van der Waals surface area contributed by atoms with E-state index < -0.39 is 17.7 Å². The van der Waals surface area contributed by atoms with Crippen LogP contribution in [0.15, 0.2) is 72.4 Å². The zero-order valence-corrected chi connectivity index (χ0v) is 19.1. The number of pyridine rings is 1. The molecule has 6 heteroatoms. The summed E-state index contributed by atoms with van der Waals surface area (Å²) in [6, 6.07) is 17.3. The number of aryl methyl sites for hydroxylation is 1. The zero-order chi connectivity index (χ0) is 23.7. The number of ketones is 1. The van der Waals surface area contributed by atoms with E-state index in [1.807, 2.05) is 37.3 Å². The number of carbonyl (C=O) groups excluding carboxylic acids is 2. The Balaban J connectivity index is 1.94. The molecule has 1 fully saturated rings. The molecule has 1 N–H and O–H groups in total. The van der Waals surface area contributed by atoms with Gasteiger partial charge in [0.15, 0.2) is 0 Å². The van der Waals surface area contributed by atoms with Gasteiger partial charge in [-0.3, -0.25) is 19.5 Å². The first kappa shape index (κ1) is 22.3. The number of rotatable bonds is 5. The number of nitrogens with zero attached hydrogens (tertiary/aromatic N) is 2. The van der Waals surface area contributed by atoms with E-state index in [0.717, 1.165) is 11.1 Å². The summed E-state index contributed by atoms with van der Waals surface area (Å²) in [7, 11) is 1.49. The molecule has 2 aromatic carbocycles. The van der Waals surface area contributed by atoms with Crippen LogP contribution in [-0.4, -0.2) is 28.9 Å². The van der Waals surface area contributed by atoms with Gasteiger partial charge >= 0.3 is 0 Å². The van der Waals surface area contributed by atoms with Crippen molar-refractivity contribution in [1.29, 1.82) is 0 Å². The molecule has 33 heavy (non-hydrogen) atoms. The number of hydrogen-bond donors (Lipinski definition) is 1. The maximum atomic E-state index is 13.3. The van der Waals surface area contributed by atoms with Crippen molar-refractivity contribution in [3.05, 3.63) is 94.8 Å². The van der Waals surface area contributed by atoms with E-state index in [9.17, 15) is 14.7 Å². The average molecular weight is 443 g/mol. The molecular weight excluding hydrogens is 416 g/mol. The smallest absolute Gasteiger partial charge is 0.300 e. The van der Waals surface area contributed by atoms with Gasteiger partial charge in [-0.2, -0.15) is 0 Å². The molecule has 1 aliphatic heterocycles. The van der Waals surface area contributed by atoms with E-state index in [2.05, 4.69) is 18.8 Å². The van der Waals surface area contributed by atoms with E-state index in [0.29, 0.717) is 28.6 Å². The minimum Gasteiger partial charge on any atom is -0.507 e. The summed E-state index contributed by atoms with van der Waals surface area (Å²) in [4.78, 5) is 32.3. The quantitative estimate of drug-likeness (QED) is 0.336. The molecule has 0 saturated carbocycles. The number of hydrogen-bond acceptors (Lipinski definition) is 5. The Morgan fingerprint density at radius 1 is 1.06 bits per heavy atom. The SMILES string of the molecule is COc1ccc(C)cc1/C(O)=C1\C(=O)C(=O)N(c2ccc(C(C)C)cc2)C1c1ccccn1. The molecule has 1 unspecified atom stereocenters. The zero-order valence-electron chi connectivity index (χ0n) is 19.1. The first-order chi connectivity index (χ1) is 15.8. The van der Waals surface area contributed by atoms with E-state index in [1.54, 1.807) is 36.5 Å². The van der Waals surface area contributed by atoms with Crippen molar-refractivity contribution in [1.82, 2.24) is 4.98 Å². The third-order valence-electron chi connectivity index (χ3n) is 5.86. The normalized spacial score (nSPS) is 17.6. The van der Waals surface area contributed by atoms with Gasteiger partial charge in [0.25, 0.3) is 11.7 Å². The highest BCUT2D eigenvalue weighted by Crippen LogP contribution is 2.42. The van der Waals surface area contributed by atoms with Crippen LogP contribution in [0, 0.1) is 6.92 Å². The van der Waals surface area contributed by atoms with Crippen LogP contribution in [0.1, 0.15) is 48.2 Å². The van der Waals surface area contributed by atoms with Crippen LogP contribution in [0.5, 0.6) is 5.75 Å². The third kappa shape index (κ3) is 4.00. The fourth-order valence-corrected chi connectivity index (χ4v) is 4.09. The Morgan fingerprint density at radius 2 is 1.79 bits per heavy atom. The second-order valence-electron chi connectivity index (χ2n) is 8.37. The summed E-state index contributed by atoms with van der Waals surface area (Å²) in [5.74, 6) is -1.03. The van der Waals surface area contributed by atoms with Crippen LogP contribution < -0.4 is 9.64 Å². The Morgan fingerprint density at radius 3 is 2.39 bits per heavy atom. The number of aliphatic hydroxyl groups is 1. The number of anilines is 1. The Labute approximate surface area is 193 Å². The molecule has 1 amide bonds. The number of methoxy groups -OCH3 is 1. The lowest BCUT2D eigenvalue weighted by atomic mass is 9.96. The molecular formula is C27H26N2O4. The predicted octanol–water partition coefficient (Wildman–Crippen LogP) is 5.15. The van der Waals surface area contributed by atoms with Crippen molar-refractivity contribution in [3.63, 3.8) is 0 Å². The number of benzene rings is 2. The molecule has 1 aliphatic rings. The molecule has 0 aliphatic carbocycles. The molecule has 168 valence electrons. The number of carbonyl (C=O) groups is 2. The molecule has 3 aromatic rings. The van der Waals surface area contributed by atoms with Gasteiger partial charge in [0.1, 0.15) is 17.6 Å². The molecule has 4 rings (SSSR count). The number of aromatic nitrogens is 1. The van der Waals surface area contributed by atoms with E-state index >= 15 is 0 Å². The molecule has 0 bridgehead atoms. The monoisotopic (exact) mass is 442 g/mol. The lowest BCUT2D eigenvalue weighted by Crippen LogP contribution is -2.29. The number of aliphatic hydroxyl groups excluding tert-OH is 1. The van der Waals surface area contributed by atoms with Gasteiger partial charge in [-0.15, -0.1) is 0 Å². The molecule has 6 nitrogen and oxygen atoms in total. The van der Waals surface area contributed by atoms with Gasteiger partial charge in [0, 0.05) is 11.9 Å². The molecule has 0 spiro atoms. The Hall–Kier alpha value is -3.93. The highest BCUT2D eigenvalue weighted by molar-refractivity contribution is 6.51. The number of ether oxygens (including phenoxy) is 1. The molecule has 2 heterocycles. The topological polar surface area (TPSA) is 79.7 Å². The summed E-state index contributed by atoms with van der Waals surface area (Å²) in [6.07, 6.45) is 1.60. The summed E-state index contributed by atoms with van der Waals surface area (Å²) < 4.78 is 5.41. The van der Waals surface area contributed by atoms with Crippen molar-refractivity contribution < 1.29 is 19.4 Å². The van der Waals surface area contributed by atoms with Gasteiger partial charge < -0.3 is 9.84 Å². The highest BCUT2D eigenvalue weighted by atomic mass is 16.5. The third-order valence-corrected chi connectivity index (χ3v) is 5.86. The van der Waals surface area contributed by atoms with Crippen LogP contribution in [0.2, 0.25) is 0 Å². The fraction of sp³-hybridized carbons (Fsp3) is 0.222. The molecule has 0 radical (unpaired) electrons. The summed E-state index contributed by atoms with van der Waals surface area (Å²) in [5.41, 5.74) is 3.38. The van der Waals surface area contributed by atoms with Crippen molar-refractivity contribution in [2.75, 3.05) is 12.0 Å². The number of amides is 1. The van der Waals surface area contributed by atoms with Crippen LogP contribution in [0.25, 0.3) is 5.76 Å². The second-order valence-corrected chi connectivity index (χ2v) is 8.37. The lowest BCUT2D eigenvalue weighted by molar-refractivity contribution is -0.132. The van der Waals surface area contributed by atoms with E-state index in [4.69, 9.17) is 4.74 Å². The van der Waals surface area contributed by atoms with Crippen molar-refractivity contribution >= 4 is 23.1 Å². The predicted molar refractivity (Wildman–Crippen MR) is 127 cm³/mol. The van der Waals surface area contributed by atoms with Gasteiger partial charge in [0.2, 0.25) is 0 Å². The Kier molecular flexibility index (Phi) is 6.01. The van der Waals surface area contributed by atoms with Crippen LogP contribution >= 0.6 is 0 Å². The second kappa shape index (κ2) is 8.90. The largest absolute Gasteiger partial charge is 0.507 e. The maximum absolute atomic E-state index is 13.3. The average Bonchev–Trinajstić information content (AvgIpc) is 3.09. The first-order valence-corrected chi connectivity index (χ1v) is 10.8. The number of Topliss-reactive ketones (excluding diaryl/α,β-unsaturated/α-hetero) is 1. The van der Waals surface area contributed by atoms with Crippen LogP contribution in [-0.2, 0) is 9.59 Å². The lowest BCUT2D eigenvalue weighted by Gasteiger charge is -2.25. The molecule has 1 atom stereocenters.